The van der Waals surface area contributed by atoms with Crippen LogP contribution >= 0.6 is 11.8 Å². The van der Waals surface area contributed by atoms with Gasteiger partial charge >= 0.3 is 0 Å². The van der Waals surface area contributed by atoms with Crippen molar-refractivity contribution in [3.63, 3.8) is 0 Å². The number of thioether (sulfide) groups is 1. The van der Waals surface area contributed by atoms with Crippen LogP contribution < -0.4 is 10.6 Å². The summed E-state index contributed by atoms with van der Waals surface area (Å²) in [6.07, 6.45) is 0. The van der Waals surface area contributed by atoms with Crippen LogP contribution in [0.25, 0.3) is 0 Å². The third kappa shape index (κ3) is 3.49. The molecule has 17 heavy (non-hydrogen) atoms. The Morgan fingerprint density at radius 3 is 2.88 bits per heavy atom. The fourth-order valence-corrected chi connectivity index (χ4v) is 2.29. The van der Waals surface area contributed by atoms with Crippen LogP contribution in [0.4, 0.5) is 5.69 Å². The Bertz CT molecular complexity index is 419. The summed E-state index contributed by atoms with van der Waals surface area (Å²) in [5.74, 6) is -0.00222. The van der Waals surface area contributed by atoms with E-state index >= 15 is 0 Å². The molecule has 1 heterocycles. The summed E-state index contributed by atoms with van der Waals surface area (Å²) in [4.78, 5) is 16.1. The number of carbonyl (C=O) groups is 1. The highest BCUT2D eigenvalue weighted by atomic mass is 32.2. The molecule has 0 bridgehead atoms. The van der Waals surface area contributed by atoms with E-state index < -0.39 is 0 Å². The van der Waals surface area contributed by atoms with E-state index in [9.17, 15) is 4.79 Å². The van der Waals surface area contributed by atoms with E-state index in [4.69, 9.17) is 0 Å². The number of rotatable bonds is 3. The van der Waals surface area contributed by atoms with Gasteiger partial charge in [-0.25, -0.2) is 0 Å². The molecule has 1 amide bonds. The average Bonchev–Trinajstić information content (AvgIpc) is 2.83. The Morgan fingerprint density at radius 2 is 2.24 bits per heavy atom. The molecule has 4 nitrogen and oxygen atoms in total. The maximum atomic E-state index is 11.9. The van der Waals surface area contributed by atoms with Gasteiger partial charge < -0.3 is 10.6 Å². The smallest absolute Gasteiger partial charge is 0.237 e. The lowest BCUT2D eigenvalue weighted by Gasteiger charge is -2.11. The van der Waals surface area contributed by atoms with Crippen LogP contribution in [0.3, 0.4) is 0 Å². The average molecular weight is 249 g/mol. The summed E-state index contributed by atoms with van der Waals surface area (Å²) in [5.41, 5.74) is 0.825. The predicted molar refractivity (Wildman–Crippen MR) is 72.4 cm³/mol. The number of carbonyl (C=O) groups excluding carboxylic acids is 1. The Kier molecular flexibility index (Phi) is 4.03. The van der Waals surface area contributed by atoms with Crippen molar-refractivity contribution < 1.29 is 4.79 Å². The fourth-order valence-electron chi connectivity index (χ4n) is 1.44. The summed E-state index contributed by atoms with van der Waals surface area (Å²) in [7, 11) is 0. The van der Waals surface area contributed by atoms with Crippen LogP contribution in [-0.4, -0.2) is 29.4 Å². The van der Waals surface area contributed by atoms with E-state index in [1.807, 2.05) is 37.3 Å². The summed E-state index contributed by atoms with van der Waals surface area (Å²) in [6.45, 7) is 3.55. The molecule has 5 heteroatoms. The lowest BCUT2D eigenvalue weighted by molar-refractivity contribution is -0.115. The zero-order chi connectivity index (χ0) is 12.1. The maximum absolute atomic E-state index is 11.9. The van der Waals surface area contributed by atoms with Crippen LogP contribution in [0.15, 0.2) is 35.3 Å². The normalized spacial score (nSPS) is 15.9. The Labute approximate surface area is 105 Å². The van der Waals surface area contributed by atoms with Crippen molar-refractivity contribution in [1.29, 1.82) is 0 Å². The van der Waals surface area contributed by atoms with Crippen LogP contribution in [0.5, 0.6) is 0 Å². The quantitative estimate of drug-likeness (QED) is 0.857. The fraction of sp³-hybridized carbons (Fsp3) is 0.333. The summed E-state index contributed by atoms with van der Waals surface area (Å²) < 4.78 is 0. The number of hydrogen-bond donors (Lipinski definition) is 2. The number of para-hydroxylation sites is 1. The number of anilines is 1. The van der Waals surface area contributed by atoms with Gasteiger partial charge in [-0.05, 0) is 19.1 Å². The molecule has 0 aliphatic carbocycles. The van der Waals surface area contributed by atoms with Gasteiger partial charge in [0, 0.05) is 12.2 Å². The SMILES string of the molecule is C[C@H](SC1=NCCN1)C(=O)Nc1ccccc1. The predicted octanol–water partition coefficient (Wildman–Crippen LogP) is 1.71. The second-order valence-electron chi connectivity index (χ2n) is 3.73. The van der Waals surface area contributed by atoms with Crippen molar-refractivity contribution in [1.82, 2.24) is 5.32 Å². The topological polar surface area (TPSA) is 53.5 Å². The van der Waals surface area contributed by atoms with Crippen LogP contribution in [0, 0.1) is 0 Å². The molecule has 2 rings (SSSR count). The van der Waals surface area contributed by atoms with Crippen LogP contribution in [-0.2, 0) is 4.79 Å². The largest absolute Gasteiger partial charge is 0.363 e. The molecule has 0 spiro atoms. The van der Waals surface area contributed by atoms with Gasteiger partial charge in [-0.1, -0.05) is 30.0 Å². The maximum Gasteiger partial charge on any atom is 0.237 e. The Morgan fingerprint density at radius 1 is 1.47 bits per heavy atom. The molecule has 90 valence electrons. The standard InChI is InChI=1S/C12H15N3OS/c1-9(17-12-13-7-8-14-12)11(16)15-10-5-3-2-4-6-10/h2-6,9H,7-8H2,1H3,(H,13,14)(H,15,16)/t9-/m0/s1. The lowest BCUT2D eigenvalue weighted by Crippen LogP contribution is -2.26. The van der Waals surface area contributed by atoms with Crippen molar-refractivity contribution in [2.45, 2.75) is 12.2 Å². The van der Waals surface area contributed by atoms with E-state index in [0.29, 0.717) is 0 Å². The molecule has 1 aliphatic heterocycles. The number of amides is 1. The zero-order valence-electron chi connectivity index (χ0n) is 9.64. The van der Waals surface area contributed by atoms with Crippen molar-refractivity contribution in [2.24, 2.45) is 4.99 Å². The Hall–Kier alpha value is -1.49. The van der Waals surface area contributed by atoms with Gasteiger partial charge in [-0.3, -0.25) is 9.79 Å². The highest BCUT2D eigenvalue weighted by Crippen LogP contribution is 2.16. The summed E-state index contributed by atoms with van der Waals surface area (Å²) in [6, 6.07) is 9.47. The number of nitrogens with one attached hydrogen (secondary N) is 2. The van der Waals surface area contributed by atoms with Gasteiger partial charge in [-0.2, -0.15) is 0 Å². The molecule has 0 fully saturated rings. The van der Waals surface area contributed by atoms with Gasteiger partial charge in [-0.15, -0.1) is 0 Å². The van der Waals surface area contributed by atoms with Crippen LogP contribution in [0.1, 0.15) is 6.92 Å². The third-order valence-electron chi connectivity index (χ3n) is 2.34. The molecule has 1 atom stereocenters. The minimum absolute atomic E-state index is 0.00222. The number of benzene rings is 1. The molecular formula is C12H15N3OS. The number of hydrogen-bond acceptors (Lipinski definition) is 4. The second-order valence-corrected chi connectivity index (χ2v) is 5.06. The van der Waals surface area contributed by atoms with Gasteiger partial charge in [0.1, 0.15) is 0 Å². The third-order valence-corrected chi connectivity index (χ3v) is 3.41. The molecule has 0 aromatic heterocycles. The van der Waals surface area contributed by atoms with Gasteiger partial charge in [0.15, 0.2) is 5.17 Å². The molecule has 0 radical (unpaired) electrons. The molecular weight excluding hydrogens is 234 g/mol. The molecule has 1 aromatic rings. The first-order chi connectivity index (χ1) is 8.25. The summed E-state index contributed by atoms with van der Waals surface area (Å²) in [5, 5.41) is 6.72. The molecule has 0 saturated heterocycles. The minimum atomic E-state index is -0.153. The van der Waals surface area contributed by atoms with Gasteiger partial charge in [0.25, 0.3) is 0 Å². The van der Waals surface area contributed by atoms with Gasteiger partial charge in [0.2, 0.25) is 5.91 Å². The monoisotopic (exact) mass is 249 g/mol. The van der Waals surface area contributed by atoms with Crippen molar-refractivity contribution in [3.8, 4) is 0 Å². The van der Waals surface area contributed by atoms with E-state index in [2.05, 4.69) is 15.6 Å². The van der Waals surface area contributed by atoms with E-state index in [0.717, 1.165) is 23.9 Å². The molecule has 0 saturated carbocycles. The second kappa shape index (κ2) is 5.72. The number of nitrogens with zero attached hydrogens (tertiary/aromatic N) is 1. The van der Waals surface area contributed by atoms with E-state index in [1.165, 1.54) is 11.8 Å². The highest BCUT2D eigenvalue weighted by molar-refractivity contribution is 8.14. The number of amidine groups is 1. The molecule has 2 N–H and O–H groups in total. The van der Waals surface area contributed by atoms with Crippen molar-refractivity contribution in [2.75, 3.05) is 18.4 Å². The van der Waals surface area contributed by atoms with E-state index in [-0.39, 0.29) is 11.2 Å². The summed E-state index contributed by atoms with van der Waals surface area (Å²) >= 11 is 1.46. The first kappa shape index (κ1) is 12.0. The first-order valence-corrected chi connectivity index (χ1v) is 6.44. The zero-order valence-corrected chi connectivity index (χ0v) is 10.5. The highest BCUT2D eigenvalue weighted by Gasteiger charge is 2.17. The molecule has 1 aromatic carbocycles. The lowest BCUT2D eigenvalue weighted by atomic mass is 10.3. The van der Waals surface area contributed by atoms with Crippen LogP contribution in [0.2, 0.25) is 0 Å². The Balaban J connectivity index is 1.87. The number of aliphatic imine (C=N–C) groups is 1. The minimum Gasteiger partial charge on any atom is -0.363 e. The molecule has 0 unspecified atom stereocenters. The van der Waals surface area contributed by atoms with Crippen molar-refractivity contribution in [3.05, 3.63) is 30.3 Å². The van der Waals surface area contributed by atoms with Gasteiger partial charge in [0.05, 0.1) is 11.8 Å². The van der Waals surface area contributed by atoms with E-state index in [1.54, 1.807) is 0 Å². The molecule has 1 aliphatic rings. The first-order valence-electron chi connectivity index (χ1n) is 5.56. The van der Waals surface area contributed by atoms with Crippen molar-refractivity contribution >= 4 is 28.5 Å².